The predicted octanol–water partition coefficient (Wildman–Crippen LogP) is 2.79. The molecule has 4 rings (SSSR count). The number of carbonyl (C=O) groups excluding carboxylic acids is 1. The molecule has 0 spiro atoms. The molecule has 1 aromatic carbocycles. The fourth-order valence-corrected chi connectivity index (χ4v) is 4.01. The molecule has 1 amide bonds. The third kappa shape index (κ3) is 4.37. The van der Waals surface area contributed by atoms with Crippen molar-refractivity contribution in [2.45, 2.75) is 26.2 Å². The number of rotatable bonds is 7. The van der Waals surface area contributed by atoms with Crippen molar-refractivity contribution < 1.29 is 9.32 Å². The molecule has 3 aromatic rings. The third-order valence-electron chi connectivity index (χ3n) is 5.68. The number of anilines is 2. The number of aryl methyl sites for hydroxylation is 1. The highest BCUT2D eigenvalue weighted by Gasteiger charge is 2.28. The van der Waals surface area contributed by atoms with Crippen LogP contribution in [0.4, 0.5) is 11.5 Å². The SMILES string of the molecule is Cc1noc2ncnc(N3CCCC(C(=O)NCCCN(C)c4ccccc4)C3)c12. The number of para-hydroxylation sites is 1. The molecule has 1 saturated heterocycles. The number of benzene rings is 1. The minimum absolute atomic E-state index is 0.0456. The number of fused-ring (bicyclic) bond motifs is 1. The molecular formula is C22H28N6O2. The maximum atomic E-state index is 12.8. The van der Waals surface area contributed by atoms with Crippen LogP contribution in [0.15, 0.2) is 41.2 Å². The summed E-state index contributed by atoms with van der Waals surface area (Å²) in [5.41, 5.74) is 2.45. The molecule has 30 heavy (non-hydrogen) atoms. The Morgan fingerprint density at radius 1 is 1.30 bits per heavy atom. The van der Waals surface area contributed by atoms with Gasteiger partial charge >= 0.3 is 0 Å². The van der Waals surface area contributed by atoms with E-state index in [2.05, 4.69) is 49.4 Å². The lowest BCUT2D eigenvalue weighted by molar-refractivity contribution is -0.125. The molecule has 0 aliphatic carbocycles. The number of aromatic nitrogens is 3. The molecule has 1 aliphatic heterocycles. The van der Waals surface area contributed by atoms with Gasteiger partial charge in [0.2, 0.25) is 5.91 Å². The van der Waals surface area contributed by atoms with Crippen molar-refractivity contribution in [2.24, 2.45) is 5.92 Å². The lowest BCUT2D eigenvalue weighted by Crippen LogP contribution is -2.44. The summed E-state index contributed by atoms with van der Waals surface area (Å²) < 4.78 is 5.26. The first kappa shape index (κ1) is 20.1. The van der Waals surface area contributed by atoms with Crippen molar-refractivity contribution in [1.82, 2.24) is 20.4 Å². The average Bonchev–Trinajstić information content (AvgIpc) is 3.18. The van der Waals surface area contributed by atoms with Crippen LogP contribution in [-0.4, -0.2) is 54.3 Å². The Hall–Kier alpha value is -3.16. The molecule has 0 radical (unpaired) electrons. The van der Waals surface area contributed by atoms with E-state index in [9.17, 15) is 4.79 Å². The minimum Gasteiger partial charge on any atom is -0.375 e. The van der Waals surface area contributed by atoms with E-state index in [1.165, 1.54) is 12.0 Å². The molecule has 1 unspecified atom stereocenters. The Morgan fingerprint density at radius 2 is 2.13 bits per heavy atom. The molecule has 1 N–H and O–H groups in total. The van der Waals surface area contributed by atoms with Crippen molar-refractivity contribution in [2.75, 3.05) is 43.0 Å². The number of hydrogen-bond donors (Lipinski definition) is 1. The second-order valence-corrected chi connectivity index (χ2v) is 7.83. The molecule has 0 bridgehead atoms. The summed E-state index contributed by atoms with van der Waals surface area (Å²) in [7, 11) is 2.07. The van der Waals surface area contributed by atoms with Gasteiger partial charge in [-0.2, -0.15) is 4.98 Å². The van der Waals surface area contributed by atoms with E-state index in [4.69, 9.17) is 4.52 Å². The molecule has 8 heteroatoms. The number of carbonyl (C=O) groups is 1. The predicted molar refractivity (Wildman–Crippen MR) is 117 cm³/mol. The van der Waals surface area contributed by atoms with Crippen molar-refractivity contribution >= 4 is 28.5 Å². The fourth-order valence-electron chi connectivity index (χ4n) is 4.01. The largest absolute Gasteiger partial charge is 0.375 e. The van der Waals surface area contributed by atoms with Gasteiger partial charge in [-0.05, 0) is 38.3 Å². The molecule has 0 saturated carbocycles. The highest BCUT2D eigenvalue weighted by atomic mass is 16.5. The van der Waals surface area contributed by atoms with Crippen molar-refractivity contribution in [3.8, 4) is 0 Å². The zero-order chi connectivity index (χ0) is 20.9. The first-order valence-corrected chi connectivity index (χ1v) is 10.5. The fraction of sp³-hybridized carbons (Fsp3) is 0.455. The Kier molecular flexibility index (Phi) is 6.11. The topological polar surface area (TPSA) is 87.4 Å². The van der Waals surface area contributed by atoms with Gasteiger partial charge in [0.25, 0.3) is 5.71 Å². The number of nitrogens with one attached hydrogen (secondary N) is 1. The van der Waals surface area contributed by atoms with Crippen molar-refractivity contribution in [3.63, 3.8) is 0 Å². The van der Waals surface area contributed by atoms with E-state index in [1.807, 2.05) is 25.1 Å². The van der Waals surface area contributed by atoms with Gasteiger partial charge in [0, 0.05) is 38.9 Å². The van der Waals surface area contributed by atoms with Gasteiger partial charge in [-0.3, -0.25) is 4.79 Å². The minimum atomic E-state index is -0.0456. The summed E-state index contributed by atoms with van der Waals surface area (Å²) in [6.45, 7) is 4.97. The highest BCUT2D eigenvalue weighted by Crippen LogP contribution is 2.29. The third-order valence-corrected chi connectivity index (χ3v) is 5.68. The lowest BCUT2D eigenvalue weighted by Gasteiger charge is -2.33. The van der Waals surface area contributed by atoms with Crippen molar-refractivity contribution in [3.05, 3.63) is 42.4 Å². The molecule has 1 aliphatic rings. The number of hydrogen-bond acceptors (Lipinski definition) is 7. The molecule has 1 atom stereocenters. The Labute approximate surface area is 176 Å². The van der Waals surface area contributed by atoms with Gasteiger partial charge in [0.1, 0.15) is 17.5 Å². The zero-order valence-corrected chi connectivity index (χ0v) is 17.5. The summed E-state index contributed by atoms with van der Waals surface area (Å²) in [5, 5.41) is 7.96. The molecule has 158 valence electrons. The monoisotopic (exact) mass is 408 g/mol. The van der Waals surface area contributed by atoms with Crippen LogP contribution < -0.4 is 15.1 Å². The summed E-state index contributed by atoms with van der Waals surface area (Å²) in [5.74, 6) is 0.880. The van der Waals surface area contributed by atoms with Gasteiger partial charge < -0.3 is 19.6 Å². The van der Waals surface area contributed by atoms with Gasteiger partial charge in [0.15, 0.2) is 0 Å². The molecule has 8 nitrogen and oxygen atoms in total. The maximum Gasteiger partial charge on any atom is 0.263 e. The van der Waals surface area contributed by atoms with Crippen LogP contribution in [0.1, 0.15) is 25.0 Å². The van der Waals surface area contributed by atoms with E-state index in [-0.39, 0.29) is 11.8 Å². The van der Waals surface area contributed by atoms with Crippen LogP contribution in [0, 0.1) is 12.8 Å². The lowest BCUT2D eigenvalue weighted by atomic mass is 9.97. The van der Waals surface area contributed by atoms with Crippen LogP contribution in [0.2, 0.25) is 0 Å². The second kappa shape index (κ2) is 9.11. The summed E-state index contributed by atoms with van der Waals surface area (Å²) in [6, 6.07) is 10.3. The number of nitrogens with zero attached hydrogens (tertiary/aromatic N) is 5. The van der Waals surface area contributed by atoms with Crippen LogP contribution >= 0.6 is 0 Å². The first-order valence-electron chi connectivity index (χ1n) is 10.5. The van der Waals surface area contributed by atoms with Crippen LogP contribution in [0.5, 0.6) is 0 Å². The van der Waals surface area contributed by atoms with Gasteiger partial charge in [-0.1, -0.05) is 23.4 Å². The molecule has 1 fully saturated rings. The smallest absolute Gasteiger partial charge is 0.263 e. The number of piperidine rings is 1. The zero-order valence-electron chi connectivity index (χ0n) is 17.5. The average molecular weight is 409 g/mol. The van der Waals surface area contributed by atoms with Gasteiger partial charge in [-0.25, -0.2) is 4.98 Å². The molecule has 2 aromatic heterocycles. The normalized spacial score (nSPS) is 16.6. The standard InChI is InChI=1S/C22H28N6O2/c1-16-19-20(24-15-25-22(19)30-26-16)28-13-6-8-17(14-28)21(29)23-11-7-12-27(2)18-9-4-3-5-10-18/h3-5,9-10,15,17H,6-8,11-14H2,1-2H3,(H,23,29). The van der Waals surface area contributed by atoms with Gasteiger partial charge in [0.05, 0.1) is 11.6 Å². The summed E-state index contributed by atoms with van der Waals surface area (Å²) in [6.07, 6.45) is 4.24. The van der Waals surface area contributed by atoms with Crippen molar-refractivity contribution in [1.29, 1.82) is 0 Å². The molecular weight excluding hydrogens is 380 g/mol. The second-order valence-electron chi connectivity index (χ2n) is 7.83. The quantitative estimate of drug-likeness (QED) is 0.602. The first-order chi connectivity index (χ1) is 14.6. The number of amides is 1. The van der Waals surface area contributed by atoms with Gasteiger partial charge in [-0.15, -0.1) is 0 Å². The van der Waals surface area contributed by atoms with E-state index in [1.54, 1.807) is 0 Å². The van der Waals surface area contributed by atoms with E-state index in [0.29, 0.717) is 18.8 Å². The Balaban J connectivity index is 1.30. The van der Waals surface area contributed by atoms with E-state index < -0.39 is 0 Å². The summed E-state index contributed by atoms with van der Waals surface area (Å²) in [4.78, 5) is 25.7. The van der Waals surface area contributed by atoms with Crippen LogP contribution in [-0.2, 0) is 4.79 Å². The highest BCUT2D eigenvalue weighted by molar-refractivity contribution is 5.88. The van der Waals surface area contributed by atoms with Crippen LogP contribution in [0.25, 0.3) is 11.1 Å². The van der Waals surface area contributed by atoms with E-state index in [0.717, 1.165) is 49.2 Å². The van der Waals surface area contributed by atoms with Crippen LogP contribution in [0.3, 0.4) is 0 Å². The summed E-state index contributed by atoms with van der Waals surface area (Å²) >= 11 is 0. The Morgan fingerprint density at radius 3 is 2.97 bits per heavy atom. The molecule has 3 heterocycles. The van der Waals surface area contributed by atoms with E-state index >= 15 is 0 Å². The maximum absolute atomic E-state index is 12.8. The Bertz CT molecular complexity index is 990.